The summed E-state index contributed by atoms with van der Waals surface area (Å²) in [7, 11) is 0. The van der Waals surface area contributed by atoms with Gasteiger partial charge in [-0.25, -0.2) is 0 Å². The van der Waals surface area contributed by atoms with E-state index >= 15 is 0 Å². The molecule has 0 aliphatic carbocycles. The monoisotopic (exact) mass is 96.1 g/mol. The van der Waals surface area contributed by atoms with Crippen LogP contribution in [0.1, 0.15) is 12.8 Å². The van der Waals surface area contributed by atoms with Crippen molar-refractivity contribution in [2.24, 2.45) is 4.99 Å². The molecule has 1 heterocycles. The van der Waals surface area contributed by atoms with Crippen molar-refractivity contribution in [1.82, 2.24) is 5.32 Å². The lowest BCUT2D eigenvalue weighted by molar-refractivity contribution is 0.790. The second-order valence-corrected chi connectivity index (χ2v) is 1.47. The van der Waals surface area contributed by atoms with Crippen molar-refractivity contribution < 1.29 is 0 Å². The maximum atomic E-state index is 3.78. The van der Waals surface area contributed by atoms with Crippen molar-refractivity contribution in [1.29, 1.82) is 0 Å². The van der Waals surface area contributed by atoms with Crippen molar-refractivity contribution in [2.45, 2.75) is 12.8 Å². The zero-order valence-electron chi connectivity index (χ0n) is 4.15. The molecule has 2 heteroatoms. The van der Waals surface area contributed by atoms with E-state index in [9.17, 15) is 0 Å². The van der Waals surface area contributed by atoms with Crippen LogP contribution >= 0.6 is 0 Å². The highest BCUT2D eigenvalue weighted by Crippen LogP contribution is 1.94. The fourth-order valence-electron chi connectivity index (χ4n) is 0.490. The summed E-state index contributed by atoms with van der Waals surface area (Å²) in [5.41, 5.74) is 0. The van der Waals surface area contributed by atoms with Crippen molar-refractivity contribution in [3.05, 3.63) is 6.54 Å². The Labute approximate surface area is 43.6 Å². The smallest absolute Gasteiger partial charge is 0.118 e. The number of nitrogens with one attached hydrogen (secondary N) is 1. The Balaban J connectivity index is 2.20. The van der Waals surface area contributed by atoms with Crippen LogP contribution in [0.2, 0.25) is 0 Å². The second-order valence-electron chi connectivity index (χ2n) is 1.47. The molecule has 7 heavy (non-hydrogen) atoms. The average Bonchev–Trinajstić information content (AvgIpc) is 1.90. The Kier molecular flexibility index (Phi) is 1.72. The summed E-state index contributed by atoms with van der Waals surface area (Å²) in [6.45, 7) is 3.89. The van der Waals surface area contributed by atoms with E-state index < -0.39 is 0 Å². The van der Waals surface area contributed by atoms with E-state index in [4.69, 9.17) is 0 Å². The minimum absolute atomic E-state index is 0.990. The standard InChI is InChI=1S/C5H8N2/c1-2-4-7-5-6-3-1/h5-6H,1-3H2. The summed E-state index contributed by atoms with van der Waals surface area (Å²) >= 11 is 0. The number of hydrogen-bond donors (Lipinski definition) is 1. The molecule has 0 saturated carbocycles. The molecule has 1 rings (SSSR count). The van der Waals surface area contributed by atoms with Gasteiger partial charge in [0, 0.05) is 6.54 Å². The van der Waals surface area contributed by atoms with Crippen molar-refractivity contribution >= 4 is 6.34 Å². The van der Waals surface area contributed by atoms with Crippen LogP contribution < -0.4 is 5.32 Å². The van der Waals surface area contributed by atoms with E-state index in [1.165, 1.54) is 0 Å². The second kappa shape index (κ2) is 2.61. The van der Waals surface area contributed by atoms with Gasteiger partial charge in [-0.15, -0.1) is 0 Å². The average molecular weight is 96.1 g/mol. The number of aliphatic imine (C=N–C) groups is 1. The highest BCUT2D eigenvalue weighted by molar-refractivity contribution is 5.54. The van der Waals surface area contributed by atoms with Crippen LogP contribution in [-0.4, -0.2) is 12.9 Å². The maximum Gasteiger partial charge on any atom is 0.118 e. The summed E-state index contributed by atoms with van der Waals surface area (Å²) < 4.78 is 0. The number of rotatable bonds is 0. The summed E-state index contributed by atoms with van der Waals surface area (Å²) in [5.74, 6) is 0. The van der Waals surface area contributed by atoms with Gasteiger partial charge in [-0.05, 0) is 12.8 Å². The Hall–Kier alpha value is -0.530. The molecule has 0 bridgehead atoms. The zero-order valence-corrected chi connectivity index (χ0v) is 4.15. The summed E-state index contributed by atoms with van der Waals surface area (Å²) in [4.78, 5) is 3.78. The summed E-state index contributed by atoms with van der Waals surface area (Å²) in [5, 5.41) is 2.99. The summed E-state index contributed by atoms with van der Waals surface area (Å²) in [6.07, 6.45) is 3.83. The first-order chi connectivity index (χ1) is 3.50. The molecule has 2 nitrogen and oxygen atoms in total. The third kappa shape index (κ3) is 1.57. The molecule has 0 aromatic rings. The fraction of sp³-hybridized carbons (Fsp3) is 0.600. The van der Waals surface area contributed by atoms with Gasteiger partial charge in [0.15, 0.2) is 0 Å². The van der Waals surface area contributed by atoms with Crippen LogP contribution in [0, 0.1) is 6.54 Å². The highest BCUT2D eigenvalue weighted by Gasteiger charge is 1.89. The molecule has 0 aromatic heterocycles. The van der Waals surface area contributed by atoms with Gasteiger partial charge in [-0.2, -0.15) is 0 Å². The molecule has 0 atom stereocenters. The molecule has 0 aromatic carbocycles. The molecule has 38 valence electrons. The van der Waals surface area contributed by atoms with Crippen LogP contribution in [0.25, 0.3) is 0 Å². The molecule has 2 radical (unpaired) electrons. The van der Waals surface area contributed by atoms with Crippen LogP contribution in [-0.2, 0) is 0 Å². The minimum atomic E-state index is 0.990. The van der Waals surface area contributed by atoms with Crippen LogP contribution in [0.5, 0.6) is 0 Å². The molecule has 0 amide bonds. The van der Waals surface area contributed by atoms with Crippen molar-refractivity contribution in [3.8, 4) is 0 Å². The van der Waals surface area contributed by atoms with E-state index in [0.29, 0.717) is 0 Å². The first-order valence-corrected chi connectivity index (χ1v) is 2.48. The molecule has 0 fully saturated rings. The lowest BCUT2D eigenvalue weighted by atomic mass is 10.3. The van der Waals surface area contributed by atoms with E-state index in [2.05, 4.69) is 16.9 Å². The quantitative estimate of drug-likeness (QED) is 0.465. The molecular weight excluding hydrogens is 88.1 g/mol. The van der Waals surface area contributed by atoms with Gasteiger partial charge in [-0.1, -0.05) is 0 Å². The Morgan fingerprint density at radius 1 is 1.71 bits per heavy atom. The van der Waals surface area contributed by atoms with E-state index in [1.54, 1.807) is 6.34 Å². The van der Waals surface area contributed by atoms with Crippen LogP contribution in [0.4, 0.5) is 0 Å². The third-order valence-electron chi connectivity index (χ3n) is 0.857. The molecular formula is C5H8N2. The van der Waals surface area contributed by atoms with Crippen molar-refractivity contribution in [2.75, 3.05) is 6.54 Å². The first kappa shape index (κ1) is 4.62. The Bertz CT molecular complexity index is 60.5. The van der Waals surface area contributed by atoms with Gasteiger partial charge in [0.1, 0.15) is 6.54 Å². The van der Waals surface area contributed by atoms with E-state index in [0.717, 1.165) is 19.4 Å². The first-order valence-electron chi connectivity index (χ1n) is 2.48. The lowest BCUT2D eigenvalue weighted by Gasteiger charge is -1.88. The molecule has 0 unspecified atom stereocenters. The highest BCUT2D eigenvalue weighted by atomic mass is 14.9. The minimum Gasteiger partial charge on any atom is -0.376 e. The van der Waals surface area contributed by atoms with Crippen LogP contribution in [0.15, 0.2) is 4.99 Å². The van der Waals surface area contributed by atoms with Gasteiger partial charge in [0.05, 0.1) is 6.34 Å². The lowest BCUT2D eigenvalue weighted by Crippen LogP contribution is -2.09. The molecule has 1 N–H and O–H groups in total. The van der Waals surface area contributed by atoms with Crippen molar-refractivity contribution in [3.63, 3.8) is 0 Å². The van der Waals surface area contributed by atoms with E-state index in [-0.39, 0.29) is 0 Å². The third-order valence-corrected chi connectivity index (χ3v) is 0.857. The van der Waals surface area contributed by atoms with Gasteiger partial charge < -0.3 is 5.32 Å². The van der Waals surface area contributed by atoms with E-state index in [1.807, 2.05) is 0 Å². The largest absolute Gasteiger partial charge is 0.376 e. The Morgan fingerprint density at radius 3 is 3.71 bits per heavy atom. The predicted molar refractivity (Wildman–Crippen MR) is 29.0 cm³/mol. The number of hydrogen-bond acceptors (Lipinski definition) is 2. The van der Waals surface area contributed by atoms with Gasteiger partial charge in [0.25, 0.3) is 0 Å². The molecule has 1 aliphatic heterocycles. The Morgan fingerprint density at radius 2 is 2.71 bits per heavy atom. The van der Waals surface area contributed by atoms with Gasteiger partial charge in [0.2, 0.25) is 0 Å². The fourth-order valence-corrected chi connectivity index (χ4v) is 0.490. The maximum absolute atomic E-state index is 3.78. The molecule has 1 aliphatic rings. The topological polar surface area (TPSA) is 24.4 Å². The van der Waals surface area contributed by atoms with Gasteiger partial charge >= 0.3 is 0 Å². The number of nitrogens with zero attached hydrogens (tertiary/aromatic N) is 1. The predicted octanol–water partition coefficient (Wildman–Crippen LogP) is 0.437. The summed E-state index contributed by atoms with van der Waals surface area (Å²) in [6, 6.07) is 0. The zero-order chi connectivity index (χ0) is 4.95. The SMILES string of the molecule is [C]1CCCNC=N1. The van der Waals surface area contributed by atoms with Crippen LogP contribution in [0.3, 0.4) is 0 Å². The molecule has 0 spiro atoms. The molecule has 0 saturated heterocycles. The normalized spacial score (nSPS) is 20.6. The van der Waals surface area contributed by atoms with Gasteiger partial charge in [-0.3, -0.25) is 4.99 Å².